The molecule has 0 N–H and O–H groups in total. The van der Waals surface area contributed by atoms with Crippen molar-refractivity contribution in [2.45, 2.75) is 19.8 Å². The zero-order valence-corrected chi connectivity index (χ0v) is 13.3. The van der Waals surface area contributed by atoms with Gasteiger partial charge in [0.1, 0.15) is 0 Å². The van der Waals surface area contributed by atoms with Crippen LogP contribution in [0.3, 0.4) is 0 Å². The van der Waals surface area contributed by atoms with E-state index in [9.17, 15) is 0 Å². The molecule has 2 rings (SSSR count). The predicted molar refractivity (Wildman–Crippen MR) is 83.5 cm³/mol. The van der Waals surface area contributed by atoms with Crippen molar-refractivity contribution >= 4 is 23.2 Å². The van der Waals surface area contributed by atoms with Gasteiger partial charge < -0.3 is 9.80 Å². The molecule has 0 aromatic heterocycles. The molecule has 1 heterocycles. The summed E-state index contributed by atoms with van der Waals surface area (Å²) < 4.78 is 0. The summed E-state index contributed by atoms with van der Waals surface area (Å²) in [6, 6.07) is 4.10. The summed E-state index contributed by atoms with van der Waals surface area (Å²) in [5, 5.41) is 1.56. The Balaban J connectivity index is 1.79. The third-order valence-corrected chi connectivity index (χ3v) is 4.66. The van der Waals surface area contributed by atoms with Gasteiger partial charge in [-0.25, -0.2) is 0 Å². The first-order chi connectivity index (χ1) is 9.06. The third-order valence-electron chi connectivity index (χ3n) is 3.88. The first-order valence-corrected chi connectivity index (χ1v) is 7.67. The molecule has 106 valence electrons. The Bertz CT molecular complexity index is 403. The second-order valence-corrected chi connectivity index (χ2v) is 6.25. The van der Waals surface area contributed by atoms with Crippen LogP contribution in [0.5, 0.6) is 0 Å². The van der Waals surface area contributed by atoms with Crippen molar-refractivity contribution < 1.29 is 0 Å². The fourth-order valence-corrected chi connectivity index (χ4v) is 2.95. The van der Waals surface area contributed by atoms with E-state index in [1.54, 1.807) is 0 Å². The minimum absolute atomic E-state index is 0.780. The van der Waals surface area contributed by atoms with Gasteiger partial charge in [0.05, 0.1) is 0 Å². The molecular formula is C15H22Cl2N2. The summed E-state index contributed by atoms with van der Waals surface area (Å²) in [6.45, 7) is 7.86. The van der Waals surface area contributed by atoms with Crippen LogP contribution in [-0.4, -0.2) is 49.6 Å². The molecule has 0 radical (unpaired) electrons. The Morgan fingerprint density at radius 1 is 1.05 bits per heavy atom. The zero-order chi connectivity index (χ0) is 13.8. The maximum absolute atomic E-state index is 6.16. The topological polar surface area (TPSA) is 6.48 Å². The first-order valence-electron chi connectivity index (χ1n) is 6.91. The second kappa shape index (κ2) is 6.94. The third kappa shape index (κ3) is 4.35. The van der Waals surface area contributed by atoms with Crippen LogP contribution < -0.4 is 0 Å². The summed E-state index contributed by atoms with van der Waals surface area (Å²) in [5.74, 6) is 0. The molecule has 0 spiro atoms. The molecule has 1 fully saturated rings. The van der Waals surface area contributed by atoms with Gasteiger partial charge in [0.25, 0.3) is 0 Å². The van der Waals surface area contributed by atoms with Crippen LogP contribution >= 0.6 is 23.2 Å². The molecule has 2 nitrogen and oxygen atoms in total. The van der Waals surface area contributed by atoms with E-state index >= 15 is 0 Å². The second-order valence-electron chi connectivity index (χ2n) is 5.43. The van der Waals surface area contributed by atoms with Gasteiger partial charge in [-0.3, -0.25) is 0 Å². The minimum Gasteiger partial charge on any atom is -0.304 e. The number of benzene rings is 1. The Morgan fingerprint density at radius 3 is 2.21 bits per heavy atom. The van der Waals surface area contributed by atoms with Crippen LogP contribution in [0.25, 0.3) is 0 Å². The smallest absolute Gasteiger partial charge is 0.0452 e. The van der Waals surface area contributed by atoms with Crippen LogP contribution in [-0.2, 0) is 6.42 Å². The van der Waals surface area contributed by atoms with Crippen molar-refractivity contribution in [2.24, 2.45) is 0 Å². The molecule has 1 saturated heterocycles. The highest BCUT2D eigenvalue weighted by Crippen LogP contribution is 2.26. The lowest BCUT2D eigenvalue weighted by molar-refractivity contribution is 0.153. The Morgan fingerprint density at radius 2 is 1.63 bits per heavy atom. The van der Waals surface area contributed by atoms with E-state index in [2.05, 4.69) is 16.8 Å². The highest BCUT2D eigenvalue weighted by molar-refractivity contribution is 6.36. The molecule has 0 unspecified atom stereocenters. The van der Waals surface area contributed by atoms with Crippen molar-refractivity contribution in [3.8, 4) is 0 Å². The van der Waals surface area contributed by atoms with Crippen LogP contribution in [0.4, 0.5) is 0 Å². The minimum atomic E-state index is 0.780. The molecule has 1 aliphatic rings. The number of hydrogen-bond acceptors (Lipinski definition) is 2. The predicted octanol–water partition coefficient (Wildman–Crippen LogP) is 3.48. The summed E-state index contributed by atoms with van der Waals surface area (Å²) in [4.78, 5) is 4.92. The van der Waals surface area contributed by atoms with Gasteiger partial charge in [-0.2, -0.15) is 0 Å². The van der Waals surface area contributed by atoms with Crippen molar-refractivity contribution in [1.82, 2.24) is 9.80 Å². The van der Waals surface area contributed by atoms with E-state index in [0.717, 1.165) is 28.6 Å². The number of likely N-dealkylation sites (N-methyl/N-ethyl adjacent to an activating group) is 1. The summed E-state index contributed by atoms with van der Waals surface area (Å²) in [5.41, 5.74) is 2.22. The van der Waals surface area contributed by atoms with Crippen LogP contribution in [0.1, 0.15) is 17.5 Å². The van der Waals surface area contributed by atoms with E-state index in [1.165, 1.54) is 38.2 Å². The van der Waals surface area contributed by atoms with Crippen LogP contribution in [0, 0.1) is 6.92 Å². The first kappa shape index (κ1) is 15.1. The average molecular weight is 301 g/mol. The lowest BCUT2D eigenvalue weighted by Gasteiger charge is -2.32. The quantitative estimate of drug-likeness (QED) is 0.840. The van der Waals surface area contributed by atoms with Crippen molar-refractivity contribution in [3.63, 3.8) is 0 Å². The van der Waals surface area contributed by atoms with Gasteiger partial charge in [0.15, 0.2) is 0 Å². The SMILES string of the molecule is Cc1c(Cl)cc(CCCN2CCN(C)CC2)cc1Cl. The monoisotopic (exact) mass is 300 g/mol. The molecule has 1 aromatic rings. The molecule has 19 heavy (non-hydrogen) atoms. The number of aryl methyl sites for hydroxylation is 1. The van der Waals surface area contributed by atoms with E-state index in [4.69, 9.17) is 23.2 Å². The van der Waals surface area contributed by atoms with Gasteiger partial charge in [-0.05, 0) is 56.6 Å². The lowest BCUT2D eigenvalue weighted by Crippen LogP contribution is -2.44. The summed E-state index contributed by atoms with van der Waals surface area (Å²) >= 11 is 12.3. The molecular weight excluding hydrogens is 279 g/mol. The van der Waals surface area contributed by atoms with Gasteiger partial charge >= 0.3 is 0 Å². The normalized spacial score (nSPS) is 17.9. The van der Waals surface area contributed by atoms with E-state index in [0.29, 0.717) is 0 Å². The summed E-state index contributed by atoms with van der Waals surface area (Å²) in [6.07, 6.45) is 2.21. The van der Waals surface area contributed by atoms with E-state index in [-0.39, 0.29) is 0 Å². The Labute approximate surface area is 126 Å². The number of halogens is 2. The van der Waals surface area contributed by atoms with Gasteiger partial charge in [0, 0.05) is 36.2 Å². The number of piperazine rings is 1. The Kier molecular flexibility index (Phi) is 5.52. The maximum atomic E-state index is 6.16. The molecule has 1 aliphatic heterocycles. The highest BCUT2D eigenvalue weighted by atomic mass is 35.5. The van der Waals surface area contributed by atoms with E-state index < -0.39 is 0 Å². The maximum Gasteiger partial charge on any atom is 0.0452 e. The molecule has 0 bridgehead atoms. The van der Waals surface area contributed by atoms with Gasteiger partial charge in [0.2, 0.25) is 0 Å². The molecule has 0 saturated carbocycles. The fraction of sp³-hybridized carbons (Fsp3) is 0.600. The molecule has 1 aromatic carbocycles. The van der Waals surface area contributed by atoms with Crippen molar-refractivity contribution in [2.75, 3.05) is 39.8 Å². The number of rotatable bonds is 4. The largest absolute Gasteiger partial charge is 0.304 e. The fourth-order valence-electron chi connectivity index (χ4n) is 2.42. The molecule has 4 heteroatoms. The average Bonchev–Trinajstić information content (AvgIpc) is 2.38. The van der Waals surface area contributed by atoms with Crippen LogP contribution in [0.15, 0.2) is 12.1 Å². The Hall–Kier alpha value is -0.280. The standard InChI is InChI=1S/C15H22Cl2N2/c1-12-14(16)10-13(11-15(12)17)4-3-5-19-8-6-18(2)7-9-19/h10-11H,3-9H2,1-2H3. The van der Waals surface area contributed by atoms with Crippen molar-refractivity contribution in [1.29, 1.82) is 0 Å². The highest BCUT2D eigenvalue weighted by Gasteiger charge is 2.13. The lowest BCUT2D eigenvalue weighted by atomic mass is 10.1. The zero-order valence-electron chi connectivity index (χ0n) is 11.8. The number of hydrogen-bond donors (Lipinski definition) is 0. The summed E-state index contributed by atoms with van der Waals surface area (Å²) in [7, 11) is 2.19. The molecule has 0 atom stereocenters. The van der Waals surface area contributed by atoms with Crippen LogP contribution in [0.2, 0.25) is 10.0 Å². The number of nitrogens with zero attached hydrogens (tertiary/aromatic N) is 2. The van der Waals surface area contributed by atoms with Gasteiger partial charge in [-0.1, -0.05) is 23.2 Å². The molecule has 0 aliphatic carbocycles. The van der Waals surface area contributed by atoms with Crippen molar-refractivity contribution in [3.05, 3.63) is 33.3 Å². The van der Waals surface area contributed by atoms with E-state index in [1.807, 2.05) is 19.1 Å². The van der Waals surface area contributed by atoms with Gasteiger partial charge in [-0.15, -0.1) is 0 Å². The molecule has 0 amide bonds.